The van der Waals surface area contributed by atoms with Crippen molar-refractivity contribution in [3.05, 3.63) is 28.8 Å². The summed E-state index contributed by atoms with van der Waals surface area (Å²) in [6.45, 7) is 4.52. The van der Waals surface area contributed by atoms with Crippen LogP contribution in [0.1, 0.15) is 23.2 Å². The second kappa shape index (κ2) is 8.22. The van der Waals surface area contributed by atoms with Crippen LogP contribution in [0.5, 0.6) is 5.75 Å². The van der Waals surface area contributed by atoms with Crippen molar-refractivity contribution in [1.82, 2.24) is 10.2 Å². The fourth-order valence-corrected chi connectivity index (χ4v) is 2.58. The molecule has 0 atom stereocenters. The maximum absolute atomic E-state index is 12.3. The summed E-state index contributed by atoms with van der Waals surface area (Å²) in [4.78, 5) is 14.6. The van der Waals surface area contributed by atoms with E-state index >= 15 is 0 Å². The zero-order valence-corrected chi connectivity index (χ0v) is 12.9. The first kappa shape index (κ1) is 16.1. The highest BCUT2D eigenvalue weighted by molar-refractivity contribution is 6.31. The van der Waals surface area contributed by atoms with E-state index < -0.39 is 0 Å². The van der Waals surface area contributed by atoms with Crippen LogP contribution < -0.4 is 15.8 Å². The van der Waals surface area contributed by atoms with Crippen molar-refractivity contribution < 1.29 is 9.53 Å². The SMILES string of the molecule is NCCOc1ccc(Cl)cc1C(=O)NCCN1CCCC1. The molecule has 1 saturated heterocycles. The van der Waals surface area contributed by atoms with Gasteiger partial charge in [0.05, 0.1) is 5.56 Å². The molecule has 2 rings (SSSR count). The third-order valence-corrected chi connectivity index (χ3v) is 3.71. The van der Waals surface area contributed by atoms with Crippen molar-refractivity contribution in [2.45, 2.75) is 12.8 Å². The Balaban J connectivity index is 1.91. The van der Waals surface area contributed by atoms with Gasteiger partial charge in [0.25, 0.3) is 5.91 Å². The zero-order valence-electron chi connectivity index (χ0n) is 12.1. The van der Waals surface area contributed by atoms with Gasteiger partial charge in [0, 0.05) is 24.7 Å². The second-order valence-corrected chi connectivity index (χ2v) is 5.52. The van der Waals surface area contributed by atoms with Crippen LogP contribution in [0, 0.1) is 0 Å². The fourth-order valence-electron chi connectivity index (χ4n) is 2.40. The first-order valence-corrected chi connectivity index (χ1v) is 7.71. The molecule has 3 N–H and O–H groups in total. The molecule has 1 aromatic carbocycles. The van der Waals surface area contributed by atoms with E-state index in [-0.39, 0.29) is 5.91 Å². The molecule has 6 heteroatoms. The summed E-state index contributed by atoms with van der Waals surface area (Å²) in [7, 11) is 0. The minimum absolute atomic E-state index is 0.163. The minimum atomic E-state index is -0.163. The third kappa shape index (κ3) is 4.88. The highest BCUT2D eigenvalue weighted by Crippen LogP contribution is 2.22. The number of hydrogen-bond donors (Lipinski definition) is 2. The van der Waals surface area contributed by atoms with Crippen molar-refractivity contribution in [2.75, 3.05) is 39.3 Å². The lowest BCUT2D eigenvalue weighted by molar-refractivity contribution is 0.0946. The summed E-state index contributed by atoms with van der Waals surface area (Å²) < 4.78 is 5.49. The van der Waals surface area contributed by atoms with Gasteiger partial charge in [-0.2, -0.15) is 0 Å². The predicted octanol–water partition coefficient (Wildman–Crippen LogP) is 1.50. The van der Waals surface area contributed by atoms with Gasteiger partial charge >= 0.3 is 0 Å². The number of nitrogens with zero attached hydrogens (tertiary/aromatic N) is 1. The van der Waals surface area contributed by atoms with E-state index in [1.165, 1.54) is 12.8 Å². The third-order valence-electron chi connectivity index (χ3n) is 3.47. The second-order valence-electron chi connectivity index (χ2n) is 5.08. The van der Waals surface area contributed by atoms with Gasteiger partial charge in [-0.25, -0.2) is 0 Å². The number of likely N-dealkylation sites (tertiary alicyclic amines) is 1. The van der Waals surface area contributed by atoms with E-state index in [9.17, 15) is 4.79 Å². The van der Waals surface area contributed by atoms with Crippen LogP contribution in [-0.4, -0.2) is 50.1 Å². The molecule has 1 aromatic rings. The number of rotatable bonds is 7. The molecule has 1 fully saturated rings. The highest BCUT2D eigenvalue weighted by Gasteiger charge is 2.15. The monoisotopic (exact) mass is 311 g/mol. The van der Waals surface area contributed by atoms with Crippen molar-refractivity contribution in [3.63, 3.8) is 0 Å². The molecule has 1 heterocycles. The van der Waals surface area contributed by atoms with Crippen LogP contribution in [0.15, 0.2) is 18.2 Å². The van der Waals surface area contributed by atoms with Crippen LogP contribution in [0.2, 0.25) is 5.02 Å². The molecule has 0 aromatic heterocycles. The maximum Gasteiger partial charge on any atom is 0.255 e. The number of nitrogens with two attached hydrogens (primary N) is 1. The largest absolute Gasteiger partial charge is 0.491 e. The molecule has 21 heavy (non-hydrogen) atoms. The number of ether oxygens (including phenoxy) is 1. The molecular formula is C15H22ClN3O2. The quantitative estimate of drug-likeness (QED) is 0.801. The van der Waals surface area contributed by atoms with E-state index in [0.717, 1.165) is 19.6 Å². The molecule has 0 aliphatic carbocycles. The molecule has 1 aliphatic heterocycles. The van der Waals surface area contributed by atoms with E-state index in [0.29, 0.717) is 36.0 Å². The molecule has 5 nitrogen and oxygen atoms in total. The van der Waals surface area contributed by atoms with Gasteiger partial charge in [0.15, 0.2) is 0 Å². The number of carbonyl (C=O) groups excluding carboxylic acids is 1. The Labute approximate surface area is 130 Å². The first-order chi connectivity index (χ1) is 10.2. The van der Waals surface area contributed by atoms with Gasteiger partial charge in [0.2, 0.25) is 0 Å². The van der Waals surface area contributed by atoms with Crippen LogP contribution in [0.4, 0.5) is 0 Å². The zero-order chi connectivity index (χ0) is 15.1. The van der Waals surface area contributed by atoms with Crippen LogP contribution in [0.25, 0.3) is 0 Å². The summed E-state index contributed by atoms with van der Waals surface area (Å²) >= 11 is 5.96. The van der Waals surface area contributed by atoms with Gasteiger partial charge in [0.1, 0.15) is 12.4 Å². The number of hydrogen-bond acceptors (Lipinski definition) is 4. The van der Waals surface area contributed by atoms with E-state index in [4.69, 9.17) is 22.1 Å². The summed E-state index contributed by atoms with van der Waals surface area (Å²) in [6.07, 6.45) is 2.50. The number of halogens is 1. The fraction of sp³-hybridized carbons (Fsp3) is 0.533. The van der Waals surface area contributed by atoms with E-state index in [2.05, 4.69) is 10.2 Å². The molecule has 0 radical (unpaired) electrons. The van der Waals surface area contributed by atoms with Crippen LogP contribution in [-0.2, 0) is 0 Å². The Morgan fingerprint density at radius 3 is 2.86 bits per heavy atom. The number of benzene rings is 1. The Morgan fingerprint density at radius 2 is 2.14 bits per heavy atom. The number of amides is 1. The minimum Gasteiger partial charge on any atom is -0.491 e. The van der Waals surface area contributed by atoms with Crippen molar-refractivity contribution >= 4 is 17.5 Å². The molecule has 116 valence electrons. The van der Waals surface area contributed by atoms with E-state index in [1.54, 1.807) is 18.2 Å². The lowest BCUT2D eigenvalue weighted by Crippen LogP contribution is -2.33. The molecule has 0 spiro atoms. The van der Waals surface area contributed by atoms with Gasteiger partial charge in [-0.05, 0) is 44.1 Å². The smallest absolute Gasteiger partial charge is 0.255 e. The lowest BCUT2D eigenvalue weighted by Gasteiger charge is -2.15. The Morgan fingerprint density at radius 1 is 1.38 bits per heavy atom. The normalized spacial score (nSPS) is 15.1. The van der Waals surface area contributed by atoms with Crippen molar-refractivity contribution in [1.29, 1.82) is 0 Å². The Kier molecular flexibility index (Phi) is 6.29. The molecule has 1 amide bonds. The van der Waals surface area contributed by atoms with Crippen molar-refractivity contribution in [2.24, 2.45) is 5.73 Å². The molecule has 0 bridgehead atoms. The van der Waals surface area contributed by atoms with E-state index in [1.807, 2.05) is 0 Å². The molecular weight excluding hydrogens is 290 g/mol. The average Bonchev–Trinajstić information content (AvgIpc) is 2.99. The van der Waals surface area contributed by atoms with Gasteiger partial charge in [-0.1, -0.05) is 11.6 Å². The molecule has 0 unspecified atom stereocenters. The highest BCUT2D eigenvalue weighted by atomic mass is 35.5. The maximum atomic E-state index is 12.3. The van der Waals surface area contributed by atoms with Crippen LogP contribution >= 0.6 is 11.6 Å². The summed E-state index contributed by atoms with van der Waals surface area (Å²) in [6, 6.07) is 5.03. The van der Waals surface area contributed by atoms with Crippen LogP contribution in [0.3, 0.4) is 0 Å². The summed E-state index contributed by atoms with van der Waals surface area (Å²) in [5, 5.41) is 3.43. The molecule has 1 aliphatic rings. The summed E-state index contributed by atoms with van der Waals surface area (Å²) in [5.41, 5.74) is 5.88. The average molecular weight is 312 g/mol. The number of carbonyl (C=O) groups is 1. The van der Waals surface area contributed by atoms with Crippen molar-refractivity contribution in [3.8, 4) is 5.75 Å². The van der Waals surface area contributed by atoms with Gasteiger partial charge < -0.3 is 20.7 Å². The molecule has 0 saturated carbocycles. The lowest BCUT2D eigenvalue weighted by atomic mass is 10.2. The topological polar surface area (TPSA) is 67.6 Å². The number of nitrogens with one attached hydrogen (secondary N) is 1. The standard InChI is InChI=1S/C15H22ClN3O2/c16-12-3-4-14(21-10-5-17)13(11-12)15(20)18-6-9-19-7-1-2-8-19/h3-4,11H,1-2,5-10,17H2,(H,18,20). The Bertz CT molecular complexity index is 476. The van der Waals surface area contributed by atoms with Gasteiger partial charge in [-0.15, -0.1) is 0 Å². The summed E-state index contributed by atoms with van der Waals surface area (Å²) in [5.74, 6) is 0.354. The predicted molar refractivity (Wildman–Crippen MR) is 84.0 cm³/mol. The van der Waals surface area contributed by atoms with Gasteiger partial charge in [-0.3, -0.25) is 4.79 Å². The first-order valence-electron chi connectivity index (χ1n) is 7.33. The Hall–Kier alpha value is -1.30.